The zero-order valence-corrected chi connectivity index (χ0v) is 14.6. The van der Waals surface area contributed by atoms with Gasteiger partial charge in [0.15, 0.2) is 0 Å². The van der Waals surface area contributed by atoms with Crippen LogP contribution < -0.4 is 16.0 Å². The summed E-state index contributed by atoms with van der Waals surface area (Å²) < 4.78 is 0. The molecule has 0 bridgehead atoms. The Morgan fingerprint density at radius 2 is 1.48 bits per heavy atom. The molecule has 0 aliphatic heterocycles. The van der Waals surface area contributed by atoms with Gasteiger partial charge >= 0.3 is 0 Å². The van der Waals surface area contributed by atoms with Gasteiger partial charge < -0.3 is 16.0 Å². The average Bonchev–Trinajstić information content (AvgIpc) is 2.46. The van der Waals surface area contributed by atoms with Crippen molar-refractivity contribution in [3.8, 4) is 0 Å². The smallest absolute Gasteiger partial charge is 0.233 e. The summed E-state index contributed by atoms with van der Waals surface area (Å²) in [5.41, 5.74) is 0. The van der Waals surface area contributed by atoms with Crippen molar-refractivity contribution in [2.75, 3.05) is 19.6 Å². The SMILES string of the molecule is CCC(C)NCC(=O)NCCCCCCCCNC(C)C.[HH].[HH].[HH]. The van der Waals surface area contributed by atoms with E-state index >= 15 is 0 Å². The molecule has 21 heavy (non-hydrogen) atoms. The summed E-state index contributed by atoms with van der Waals surface area (Å²) in [4.78, 5) is 11.5. The van der Waals surface area contributed by atoms with Crippen LogP contribution in [0.15, 0.2) is 0 Å². The molecule has 0 aromatic heterocycles. The topological polar surface area (TPSA) is 53.2 Å². The molecule has 0 aliphatic rings. The van der Waals surface area contributed by atoms with Gasteiger partial charge in [-0.05, 0) is 32.7 Å². The maximum Gasteiger partial charge on any atom is 0.233 e. The van der Waals surface area contributed by atoms with Gasteiger partial charge in [0.2, 0.25) is 5.91 Å². The summed E-state index contributed by atoms with van der Waals surface area (Å²) in [6, 6.07) is 1.02. The van der Waals surface area contributed by atoms with E-state index in [4.69, 9.17) is 0 Å². The summed E-state index contributed by atoms with van der Waals surface area (Å²) in [5, 5.41) is 9.62. The van der Waals surface area contributed by atoms with Gasteiger partial charge in [0.25, 0.3) is 0 Å². The molecule has 3 N–H and O–H groups in total. The summed E-state index contributed by atoms with van der Waals surface area (Å²) in [6.07, 6.45) is 8.54. The molecular formula is C17H43N3O. The van der Waals surface area contributed by atoms with E-state index in [-0.39, 0.29) is 10.2 Å². The maximum atomic E-state index is 11.5. The van der Waals surface area contributed by atoms with E-state index in [9.17, 15) is 4.79 Å². The summed E-state index contributed by atoms with van der Waals surface area (Å²) >= 11 is 0. The number of unbranched alkanes of at least 4 members (excludes halogenated alkanes) is 5. The minimum atomic E-state index is 0. The molecule has 0 rings (SSSR count). The van der Waals surface area contributed by atoms with Gasteiger partial charge in [0.1, 0.15) is 0 Å². The van der Waals surface area contributed by atoms with E-state index in [0.717, 1.165) is 25.9 Å². The second kappa shape index (κ2) is 14.3. The second-order valence-corrected chi connectivity index (χ2v) is 6.27. The molecule has 4 heteroatoms. The van der Waals surface area contributed by atoms with E-state index in [1.807, 2.05) is 0 Å². The minimum absolute atomic E-state index is 0. The maximum absolute atomic E-state index is 11.5. The first kappa shape index (κ1) is 20.4. The normalized spacial score (nSPS) is 12.6. The largest absolute Gasteiger partial charge is 0.355 e. The molecule has 0 fully saturated rings. The molecule has 4 nitrogen and oxygen atoms in total. The first-order chi connectivity index (χ1) is 10.1. The zero-order chi connectivity index (χ0) is 15.9. The van der Waals surface area contributed by atoms with Crippen molar-refractivity contribution in [3.63, 3.8) is 0 Å². The van der Waals surface area contributed by atoms with Gasteiger partial charge in [-0.3, -0.25) is 4.79 Å². The molecule has 0 aromatic rings. The number of nitrogens with one attached hydrogen (secondary N) is 3. The van der Waals surface area contributed by atoms with Crippen LogP contribution in [0, 0.1) is 0 Å². The molecule has 0 heterocycles. The lowest BCUT2D eigenvalue weighted by atomic mass is 10.1. The highest BCUT2D eigenvalue weighted by molar-refractivity contribution is 5.77. The second-order valence-electron chi connectivity index (χ2n) is 6.27. The Labute approximate surface area is 136 Å². The highest BCUT2D eigenvalue weighted by Crippen LogP contribution is 2.04. The molecule has 0 aliphatic carbocycles. The van der Waals surface area contributed by atoms with Crippen LogP contribution in [-0.2, 0) is 4.79 Å². The van der Waals surface area contributed by atoms with Crippen molar-refractivity contribution in [2.45, 2.75) is 84.7 Å². The molecule has 1 unspecified atom stereocenters. The van der Waals surface area contributed by atoms with Crippen LogP contribution in [0.2, 0.25) is 0 Å². The van der Waals surface area contributed by atoms with Gasteiger partial charge in [0.05, 0.1) is 6.54 Å². The number of carbonyl (C=O) groups excluding carboxylic acids is 1. The molecule has 0 saturated carbocycles. The van der Waals surface area contributed by atoms with Crippen LogP contribution in [0.3, 0.4) is 0 Å². The van der Waals surface area contributed by atoms with Crippen LogP contribution in [0.25, 0.3) is 0 Å². The lowest BCUT2D eigenvalue weighted by Crippen LogP contribution is -2.38. The van der Waals surface area contributed by atoms with E-state index < -0.39 is 0 Å². The minimum Gasteiger partial charge on any atom is -0.355 e. The Balaban J connectivity index is -0.000000667. The van der Waals surface area contributed by atoms with E-state index in [0.29, 0.717) is 18.6 Å². The third kappa shape index (κ3) is 15.6. The third-order valence-electron chi connectivity index (χ3n) is 3.70. The fraction of sp³-hybridized carbons (Fsp3) is 0.941. The van der Waals surface area contributed by atoms with E-state index in [2.05, 4.69) is 43.6 Å². The van der Waals surface area contributed by atoms with Crippen LogP contribution >= 0.6 is 0 Å². The van der Waals surface area contributed by atoms with Crippen molar-refractivity contribution in [2.24, 2.45) is 0 Å². The standard InChI is InChI=1S/C17H37N3O.3H2/c1-5-16(4)20-14-17(21)19-13-11-9-7-6-8-10-12-18-15(2)3;;;/h15-16,18,20H,5-14H2,1-4H3,(H,19,21);3*1H. The Morgan fingerprint density at radius 1 is 0.905 bits per heavy atom. The molecule has 0 aromatic carbocycles. The summed E-state index contributed by atoms with van der Waals surface area (Å²) in [5.74, 6) is 0.120. The Hall–Kier alpha value is -0.610. The molecular weight excluding hydrogens is 262 g/mol. The van der Waals surface area contributed by atoms with Crippen LogP contribution in [0.1, 0.15) is 76.9 Å². The highest BCUT2D eigenvalue weighted by Gasteiger charge is 2.02. The predicted molar refractivity (Wildman–Crippen MR) is 97.9 cm³/mol. The predicted octanol–water partition coefficient (Wildman–Crippen LogP) is 3.57. The van der Waals surface area contributed by atoms with Crippen molar-refractivity contribution in [3.05, 3.63) is 0 Å². The molecule has 132 valence electrons. The summed E-state index contributed by atoms with van der Waals surface area (Å²) in [6.45, 7) is 11.0. The summed E-state index contributed by atoms with van der Waals surface area (Å²) in [7, 11) is 0. The van der Waals surface area contributed by atoms with Gasteiger partial charge in [-0.1, -0.05) is 46.5 Å². The van der Waals surface area contributed by atoms with Crippen molar-refractivity contribution >= 4 is 5.91 Å². The third-order valence-corrected chi connectivity index (χ3v) is 3.70. The van der Waals surface area contributed by atoms with Gasteiger partial charge in [0, 0.05) is 22.9 Å². The number of hydrogen-bond donors (Lipinski definition) is 3. The first-order valence-corrected chi connectivity index (χ1v) is 8.79. The fourth-order valence-electron chi connectivity index (χ4n) is 2.05. The zero-order valence-electron chi connectivity index (χ0n) is 14.6. The van der Waals surface area contributed by atoms with E-state index in [1.165, 1.54) is 32.1 Å². The highest BCUT2D eigenvalue weighted by atomic mass is 16.1. The number of rotatable bonds is 14. The fourth-order valence-corrected chi connectivity index (χ4v) is 2.05. The number of hydrogen-bond acceptors (Lipinski definition) is 3. The Kier molecular flexibility index (Phi) is 13.9. The van der Waals surface area contributed by atoms with Crippen molar-refractivity contribution < 1.29 is 9.07 Å². The van der Waals surface area contributed by atoms with Gasteiger partial charge in [-0.2, -0.15) is 0 Å². The van der Waals surface area contributed by atoms with Crippen LogP contribution in [-0.4, -0.2) is 37.6 Å². The Morgan fingerprint density at radius 3 is 2.05 bits per heavy atom. The van der Waals surface area contributed by atoms with Crippen LogP contribution in [0.4, 0.5) is 0 Å². The monoisotopic (exact) mass is 305 g/mol. The first-order valence-electron chi connectivity index (χ1n) is 8.79. The Bertz CT molecular complexity index is 257. The molecule has 1 amide bonds. The average molecular weight is 306 g/mol. The number of carbonyl (C=O) groups is 1. The molecule has 0 spiro atoms. The number of amides is 1. The lowest BCUT2D eigenvalue weighted by Gasteiger charge is -2.11. The van der Waals surface area contributed by atoms with Gasteiger partial charge in [-0.25, -0.2) is 0 Å². The van der Waals surface area contributed by atoms with Crippen molar-refractivity contribution in [1.29, 1.82) is 0 Å². The van der Waals surface area contributed by atoms with Gasteiger partial charge in [-0.15, -0.1) is 0 Å². The van der Waals surface area contributed by atoms with Crippen molar-refractivity contribution in [1.82, 2.24) is 16.0 Å². The molecule has 1 atom stereocenters. The quantitative estimate of drug-likeness (QED) is 0.430. The lowest BCUT2D eigenvalue weighted by molar-refractivity contribution is -0.120. The molecule has 0 saturated heterocycles. The van der Waals surface area contributed by atoms with Crippen LogP contribution in [0.5, 0.6) is 0 Å². The molecule has 0 radical (unpaired) electrons. The van der Waals surface area contributed by atoms with E-state index in [1.54, 1.807) is 0 Å².